The Morgan fingerprint density at radius 3 is 2.63 bits per heavy atom. The molecule has 0 atom stereocenters. The molecule has 1 aliphatic rings. The summed E-state index contributed by atoms with van der Waals surface area (Å²) in [4.78, 5) is 22.2. The van der Waals surface area contributed by atoms with Gasteiger partial charge in [-0.25, -0.2) is 0 Å². The van der Waals surface area contributed by atoms with Crippen molar-refractivity contribution in [2.45, 2.75) is 24.9 Å². The second-order valence-corrected chi connectivity index (χ2v) is 4.51. The summed E-state index contributed by atoms with van der Waals surface area (Å²) in [5.74, 6) is -0.534. The normalized spacial score (nSPS) is 14.7. The molecule has 1 aromatic heterocycles. The lowest BCUT2D eigenvalue weighted by Crippen LogP contribution is -2.40. The highest BCUT2D eigenvalue weighted by atomic mass is 16.6. The van der Waals surface area contributed by atoms with Crippen molar-refractivity contribution in [2.75, 3.05) is 13.2 Å². The van der Waals surface area contributed by atoms with Crippen molar-refractivity contribution in [1.29, 1.82) is 0 Å². The second kappa shape index (κ2) is 5.37. The maximum absolute atomic E-state index is 12.0. The van der Waals surface area contributed by atoms with Gasteiger partial charge in [-0.15, -0.1) is 0 Å². The van der Waals surface area contributed by atoms with Gasteiger partial charge in [-0.05, 0) is 12.8 Å². The number of nitrogens with zero attached hydrogens (tertiary/aromatic N) is 2. The van der Waals surface area contributed by atoms with Crippen LogP contribution in [0.4, 0.5) is 5.69 Å². The molecule has 1 amide bonds. The average molecular weight is 269 g/mol. The lowest BCUT2D eigenvalue weighted by Gasteiger charge is -2.14. The first-order valence-corrected chi connectivity index (χ1v) is 5.95. The van der Waals surface area contributed by atoms with E-state index in [2.05, 4.69) is 5.32 Å². The molecule has 1 aromatic rings. The van der Waals surface area contributed by atoms with Crippen LogP contribution in [0.5, 0.6) is 0 Å². The maximum Gasteiger partial charge on any atom is 0.287 e. The first-order chi connectivity index (χ1) is 9.06. The molecule has 2 rings (SSSR count). The monoisotopic (exact) mass is 269 g/mol. The SMILES string of the molecule is O=C(NC(CO)CO)c1cc([N+](=O)[O-])cn1C1CC1. The number of carbonyl (C=O) groups is 1. The molecule has 8 nitrogen and oxygen atoms in total. The molecular formula is C11H15N3O5. The van der Waals surface area contributed by atoms with Crippen LogP contribution in [0.15, 0.2) is 12.3 Å². The fraction of sp³-hybridized carbons (Fsp3) is 0.545. The zero-order valence-electron chi connectivity index (χ0n) is 10.2. The first-order valence-electron chi connectivity index (χ1n) is 5.95. The van der Waals surface area contributed by atoms with Gasteiger partial charge in [-0.2, -0.15) is 0 Å². The minimum absolute atomic E-state index is 0.121. The van der Waals surface area contributed by atoms with Crippen LogP contribution in [-0.4, -0.2) is 44.9 Å². The van der Waals surface area contributed by atoms with E-state index in [1.807, 2.05) is 0 Å². The fourth-order valence-electron chi connectivity index (χ4n) is 1.81. The highest BCUT2D eigenvalue weighted by Crippen LogP contribution is 2.37. The van der Waals surface area contributed by atoms with Crippen LogP contribution in [-0.2, 0) is 0 Å². The molecule has 3 N–H and O–H groups in total. The van der Waals surface area contributed by atoms with Gasteiger partial charge in [0.15, 0.2) is 0 Å². The highest BCUT2D eigenvalue weighted by Gasteiger charge is 2.30. The van der Waals surface area contributed by atoms with Crippen molar-refractivity contribution >= 4 is 11.6 Å². The van der Waals surface area contributed by atoms with Gasteiger partial charge < -0.3 is 20.1 Å². The van der Waals surface area contributed by atoms with Gasteiger partial charge in [0.2, 0.25) is 0 Å². The summed E-state index contributed by atoms with van der Waals surface area (Å²) in [7, 11) is 0. The number of nitro groups is 1. The molecule has 0 unspecified atom stereocenters. The molecule has 0 bridgehead atoms. The van der Waals surface area contributed by atoms with Crippen LogP contribution in [0, 0.1) is 10.1 Å². The molecule has 0 radical (unpaired) electrons. The lowest BCUT2D eigenvalue weighted by atomic mass is 10.3. The summed E-state index contributed by atoms with van der Waals surface area (Å²) in [6.07, 6.45) is 3.12. The summed E-state index contributed by atoms with van der Waals surface area (Å²) in [5, 5.41) is 31.0. The Bertz CT molecular complexity index is 491. The molecular weight excluding hydrogens is 254 g/mol. The predicted molar refractivity (Wildman–Crippen MR) is 64.8 cm³/mol. The zero-order chi connectivity index (χ0) is 14.0. The number of aliphatic hydroxyl groups excluding tert-OH is 2. The number of carbonyl (C=O) groups excluding carboxylic acids is 1. The van der Waals surface area contributed by atoms with Gasteiger partial charge in [0, 0.05) is 12.1 Å². The maximum atomic E-state index is 12.0. The third kappa shape index (κ3) is 2.91. The van der Waals surface area contributed by atoms with Crippen molar-refractivity contribution < 1.29 is 19.9 Å². The van der Waals surface area contributed by atoms with Gasteiger partial charge in [-0.3, -0.25) is 14.9 Å². The minimum Gasteiger partial charge on any atom is -0.394 e. The summed E-state index contributed by atoms with van der Waals surface area (Å²) >= 11 is 0. The summed E-state index contributed by atoms with van der Waals surface area (Å²) in [5.41, 5.74) is 0.0442. The molecule has 1 heterocycles. The quantitative estimate of drug-likeness (QED) is 0.489. The third-order valence-electron chi connectivity index (χ3n) is 2.99. The second-order valence-electron chi connectivity index (χ2n) is 4.51. The van der Waals surface area contributed by atoms with Crippen LogP contribution >= 0.6 is 0 Å². The van der Waals surface area contributed by atoms with Crippen LogP contribution in [0.2, 0.25) is 0 Å². The molecule has 1 aliphatic carbocycles. The zero-order valence-corrected chi connectivity index (χ0v) is 10.2. The van der Waals surface area contributed by atoms with E-state index in [0.717, 1.165) is 12.8 Å². The smallest absolute Gasteiger partial charge is 0.287 e. The van der Waals surface area contributed by atoms with E-state index < -0.39 is 30.1 Å². The fourth-order valence-corrected chi connectivity index (χ4v) is 1.81. The Hall–Kier alpha value is -1.93. The lowest BCUT2D eigenvalue weighted by molar-refractivity contribution is -0.384. The Balaban J connectivity index is 2.22. The minimum atomic E-state index is -0.769. The molecule has 0 spiro atoms. The molecule has 8 heteroatoms. The first kappa shape index (κ1) is 13.5. The van der Waals surface area contributed by atoms with Gasteiger partial charge >= 0.3 is 0 Å². The van der Waals surface area contributed by atoms with Crippen molar-refractivity contribution in [3.05, 3.63) is 28.1 Å². The van der Waals surface area contributed by atoms with E-state index in [1.54, 1.807) is 4.57 Å². The van der Waals surface area contributed by atoms with E-state index in [-0.39, 0.29) is 17.4 Å². The Labute approximate surface area is 108 Å². The Morgan fingerprint density at radius 1 is 1.53 bits per heavy atom. The molecule has 0 saturated heterocycles. The number of aliphatic hydroxyl groups is 2. The largest absolute Gasteiger partial charge is 0.394 e. The van der Waals surface area contributed by atoms with Gasteiger partial charge in [0.25, 0.3) is 11.6 Å². The molecule has 104 valence electrons. The number of amides is 1. The topological polar surface area (TPSA) is 118 Å². The predicted octanol–water partition coefficient (Wildman–Crippen LogP) is -0.186. The van der Waals surface area contributed by atoms with E-state index in [1.165, 1.54) is 12.3 Å². The van der Waals surface area contributed by atoms with Crippen molar-refractivity contribution in [2.24, 2.45) is 0 Å². The molecule has 0 aliphatic heterocycles. The molecule has 1 fully saturated rings. The number of nitrogens with one attached hydrogen (secondary N) is 1. The van der Waals surface area contributed by atoms with E-state index in [0.29, 0.717) is 0 Å². The molecule has 19 heavy (non-hydrogen) atoms. The standard InChI is InChI=1S/C11H15N3O5/c15-5-7(6-16)12-11(17)10-3-9(14(18)19)4-13(10)8-1-2-8/h3-4,7-8,15-16H,1-2,5-6H2,(H,12,17). The number of aromatic nitrogens is 1. The van der Waals surface area contributed by atoms with Crippen molar-refractivity contribution in [1.82, 2.24) is 9.88 Å². The number of hydrogen-bond donors (Lipinski definition) is 3. The van der Waals surface area contributed by atoms with E-state index >= 15 is 0 Å². The summed E-state index contributed by atoms with van der Waals surface area (Å²) in [6.45, 7) is -0.789. The summed E-state index contributed by atoms with van der Waals surface area (Å²) in [6, 6.07) is 0.560. The van der Waals surface area contributed by atoms with Crippen LogP contribution in [0.25, 0.3) is 0 Å². The van der Waals surface area contributed by atoms with Gasteiger partial charge in [-0.1, -0.05) is 0 Å². The van der Waals surface area contributed by atoms with Crippen LogP contribution < -0.4 is 5.32 Å². The average Bonchev–Trinajstić information content (AvgIpc) is 3.13. The Morgan fingerprint density at radius 2 is 2.16 bits per heavy atom. The molecule has 0 aromatic carbocycles. The Kier molecular flexibility index (Phi) is 3.82. The van der Waals surface area contributed by atoms with Crippen LogP contribution in [0.3, 0.4) is 0 Å². The molecule has 1 saturated carbocycles. The van der Waals surface area contributed by atoms with Crippen molar-refractivity contribution in [3.63, 3.8) is 0 Å². The number of hydrogen-bond acceptors (Lipinski definition) is 5. The summed E-state index contributed by atoms with van der Waals surface area (Å²) < 4.78 is 1.58. The van der Waals surface area contributed by atoms with E-state index in [4.69, 9.17) is 10.2 Å². The van der Waals surface area contributed by atoms with Gasteiger partial charge in [0.05, 0.1) is 30.4 Å². The number of rotatable bonds is 6. The van der Waals surface area contributed by atoms with Crippen molar-refractivity contribution in [3.8, 4) is 0 Å². The third-order valence-corrected chi connectivity index (χ3v) is 2.99. The van der Waals surface area contributed by atoms with E-state index in [9.17, 15) is 14.9 Å². The van der Waals surface area contributed by atoms with Crippen LogP contribution in [0.1, 0.15) is 29.4 Å². The highest BCUT2D eigenvalue weighted by molar-refractivity contribution is 5.93. The van der Waals surface area contributed by atoms with Gasteiger partial charge in [0.1, 0.15) is 5.69 Å².